The first kappa shape index (κ1) is 15.7. The van der Waals surface area contributed by atoms with E-state index >= 15 is 0 Å². The van der Waals surface area contributed by atoms with E-state index in [1.807, 2.05) is 38.7 Å². The predicted molar refractivity (Wildman–Crippen MR) is 84.9 cm³/mol. The zero-order valence-electron chi connectivity index (χ0n) is 14.3. The molecule has 7 nitrogen and oxygen atoms in total. The Morgan fingerprint density at radius 1 is 1.43 bits per heavy atom. The quantitative estimate of drug-likeness (QED) is 0.859. The number of hydrogen-bond acceptors (Lipinski definition) is 4. The van der Waals surface area contributed by atoms with E-state index in [0.29, 0.717) is 18.7 Å². The summed E-state index contributed by atoms with van der Waals surface area (Å²) in [5, 5.41) is 4.51. The van der Waals surface area contributed by atoms with Crippen LogP contribution in [0.25, 0.3) is 0 Å². The molecule has 1 aliphatic heterocycles. The summed E-state index contributed by atoms with van der Waals surface area (Å²) in [6, 6.07) is 0. The number of aromatic nitrogens is 4. The standard InChI is InChI=1S/C16H23N5O2/c1-10-8-12-14(11(2)23-10)18-21(5)15(12)16(22)20(4)9-13-17-6-7-19(13)3/h6-7,10-11H,8-9H2,1-5H3/t10-,11+/m1/s1. The van der Waals surface area contributed by atoms with Crippen molar-refractivity contribution in [3.05, 3.63) is 35.2 Å². The SMILES string of the molecule is C[C@@H]1Cc2c(nn(C)c2C(=O)N(C)Cc2nccn2C)[C@H](C)O1. The van der Waals surface area contributed by atoms with E-state index in [-0.39, 0.29) is 18.1 Å². The monoisotopic (exact) mass is 317 g/mol. The van der Waals surface area contributed by atoms with Gasteiger partial charge in [-0.2, -0.15) is 5.10 Å². The van der Waals surface area contributed by atoms with E-state index in [2.05, 4.69) is 10.1 Å². The van der Waals surface area contributed by atoms with Gasteiger partial charge >= 0.3 is 0 Å². The molecule has 0 aromatic carbocycles. The molecule has 124 valence electrons. The van der Waals surface area contributed by atoms with Crippen LogP contribution in [0, 0.1) is 0 Å². The van der Waals surface area contributed by atoms with Crippen LogP contribution < -0.4 is 0 Å². The molecular formula is C16H23N5O2. The van der Waals surface area contributed by atoms with E-state index in [4.69, 9.17) is 4.74 Å². The largest absolute Gasteiger partial charge is 0.369 e. The highest BCUT2D eigenvalue weighted by Crippen LogP contribution is 2.31. The topological polar surface area (TPSA) is 65.2 Å². The molecule has 1 amide bonds. The Labute approximate surface area is 135 Å². The number of imidazole rings is 1. The van der Waals surface area contributed by atoms with Crippen molar-refractivity contribution >= 4 is 5.91 Å². The van der Waals surface area contributed by atoms with Crippen molar-refractivity contribution in [1.29, 1.82) is 0 Å². The summed E-state index contributed by atoms with van der Waals surface area (Å²) in [7, 11) is 5.54. The summed E-state index contributed by atoms with van der Waals surface area (Å²) < 4.78 is 9.41. The molecule has 0 radical (unpaired) electrons. The zero-order valence-corrected chi connectivity index (χ0v) is 14.3. The molecule has 0 fully saturated rings. The molecule has 3 heterocycles. The number of hydrogen-bond donors (Lipinski definition) is 0. The van der Waals surface area contributed by atoms with Gasteiger partial charge in [-0.1, -0.05) is 0 Å². The Balaban J connectivity index is 1.89. The van der Waals surface area contributed by atoms with Crippen molar-refractivity contribution in [3.63, 3.8) is 0 Å². The first-order valence-electron chi connectivity index (χ1n) is 7.81. The molecule has 0 saturated carbocycles. The Kier molecular flexibility index (Phi) is 3.97. The highest BCUT2D eigenvalue weighted by molar-refractivity contribution is 5.94. The normalized spacial score (nSPS) is 20.4. The van der Waals surface area contributed by atoms with Crippen molar-refractivity contribution < 1.29 is 9.53 Å². The van der Waals surface area contributed by atoms with Crippen LogP contribution in [0.1, 0.15) is 47.5 Å². The van der Waals surface area contributed by atoms with Gasteiger partial charge in [0.1, 0.15) is 11.5 Å². The fourth-order valence-corrected chi connectivity index (χ4v) is 3.15. The van der Waals surface area contributed by atoms with E-state index in [1.165, 1.54) is 0 Å². The summed E-state index contributed by atoms with van der Waals surface area (Å²) in [6.07, 6.45) is 4.33. The number of aryl methyl sites for hydroxylation is 2. The summed E-state index contributed by atoms with van der Waals surface area (Å²) >= 11 is 0. The second kappa shape index (κ2) is 5.81. The van der Waals surface area contributed by atoms with Crippen molar-refractivity contribution in [2.75, 3.05) is 7.05 Å². The number of ether oxygens (including phenoxy) is 1. The number of rotatable bonds is 3. The zero-order chi connectivity index (χ0) is 16.7. The van der Waals surface area contributed by atoms with Crippen LogP contribution in [-0.2, 0) is 31.8 Å². The third-order valence-corrected chi connectivity index (χ3v) is 4.34. The first-order valence-corrected chi connectivity index (χ1v) is 7.81. The maximum Gasteiger partial charge on any atom is 0.272 e. The van der Waals surface area contributed by atoms with Gasteiger partial charge in [-0.05, 0) is 13.8 Å². The fourth-order valence-electron chi connectivity index (χ4n) is 3.15. The fraction of sp³-hybridized carbons (Fsp3) is 0.562. The molecule has 0 saturated heterocycles. The van der Waals surface area contributed by atoms with Gasteiger partial charge in [0.2, 0.25) is 0 Å². The van der Waals surface area contributed by atoms with Gasteiger partial charge in [-0.3, -0.25) is 9.48 Å². The van der Waals surface area contributed by atoms with Gasteiger partial charge in [0.05, 0.1) is 24.4 Å². The van der Waals surface area contributed by atoms with Crippen LogP contribution in [0.3, 0.4) is 0 Å². The number of carbonyl (C=O) groups excluding carboxylic acids is 1. The smallest absolute Gasteiger partial charge is 0.272 e. The maximum atomic E-state index is 12.9. The van der Waals surface area contributed by atoms with Gasteiger partial charge < -0.3 is 14.2 Å². The van der Waals surface area contributed by atoms with Gasteiger partial charge in [0, 0.05) is 45.5 Å². The van der Waals surface area contributed by atoms with E-state index in [0.717, 1.165) is 17.1 Å². The van der Waals surface area contributed by atoms with Crippen molar-refractivity contribution in [2.24, 2.45) is 14.1 Å². The lowest BCUT2D eigenvalue weighted by Crippen LogP contribution is -2.31. The van der Waals surface area contributed by atoms with E-state index < -0.39 is 0 Å². The van der Waals surface area contributed by atoms with Crippen LogP contribution in [0.2, 0.25) is 0 Å². The molecule has 0 unspecified atom stereocenters. The summed E-state index contributed by atoms with van der Waals surface area (Å²) in [4.78, 5) is 18.9. The van der Waals surface area contributed by atoms with Crippen molar-refractivity contribution in [2.45, 2.75) is 39.0 Å². The molecule has 7 heteroatoms. The maximum absolute atomic E-state index is 12.9. The molecule has 23 heavy (non-hydrogen) atoms. The molecule has 1 aliphatic rings. The predicted octanol–water partition coefficient (Wildman–Crippen LogP) is 1.45. The van der Waals surface area contributed by atoms with Gasteiger partial charge in [-0.25, -0.2) is 4.98 Å². The second-order valence-electron chi connectivity index (χ2n) is 6.24. The van der Waals surface area contributed by atoms with Gasteiger partial charge in [0.15, 0.2) is 0 Å². The summed E-state index contributed by atoms with van der Waals surface area (Å²) in [6.45, 7) is 4.47. The highest BCUT2D eigenvalue weighted by atomic mass is 16.5. The number of amides is 1. The summed E-state index contributed by atoms with van der Waals surface area (Å²) in [5.74, 6) is 0.813. The third-order valence-electron chi connectivity index (χ3n) is 4.34. The molecule has 0 aliphatic carbocycles. The average molecular weight is 317 g/mol. The lowest BCUT2D eigenvalue weighted by molar-refractivity contribution is -0.00713. The van der Waals surface area contributed by atoms with Crippen LogP contribution in [0.4, 0.5) is 0 Å². The van der Waals surface area contributed by atoms with Crippen LogP contribution >= 0.6 is 0 Å². The number of carbonyl (C=O) groups is 1. The number of nitrogens with zero attached hydrogens (tertiary/aromatic N) is 5. The van der Waals surface area contributed by atoms with Crippen molar-refractivity contribution in [3.8, 4) is 0 Å². The Morgan fingerprint density at radius 3 is 2.83 bits per heavy atom. The third kappa shape index (κ3) is 2.76. The molecule has 2 atom stereocenters. The van der Waals surface area contributed by atoms with Crippen LogP contribution in [-0.4, -0.2) is 43.3 Å². The molecule has 0 spiro atoms. The van der Waals surface area contributed by atoms with Gasteiger partial charge in [-0.15, -0.1) is 0 Å². The minimum absolute atomic E-state index is 0.0365. The lowest BCUT2D eigenvalue weighted by atomic mass is 9.99. The molecule has 2 aromatic heterocycles. The second-order valence-corrected chi connectivity index (χ2v) is 6.24. The van der Waals surface area contributed by atoms with E-state index in [9.17, 15) is 4.79 Å². The average Bonchev–Trinajstić information content (AvgIpc) is 3.02. The first-order chi connectivity index (χ1) is 10.9. The number of fused-ring (bicyclic) bond motifs is 1. The molecule has 2 aromatic rings. The van der Waals surface area contributed by atoms with Crippen LogP contribution in [0.15, 0.2) is 12.4 Å². The molecular weight excluding hydrogens is 294 g/mol. The lowest BCUT2D eigenvalue weighted by Gasteiger charge is -2.25. The molecule has 3 rings (SSSR count). The molecule has 0 N–H and O–H groups in total. The van der Waals surface area contributed by atoms with E-state index in [1.54, 1.807) is 22.8 Å². The summed E-state index contributed by atoms with van der Waals surface area (Å²) in [5.41, 5.74) is 2.54. The Morgan fingerprint density at radius 2 is 2.17 bits per heavy atom. The molecule has 0 bridgehead atoms. The Hall–Kier alpha value is -2.15. The minimum Gasteiger partial charge on any atom is -0.369 e. The Bertz CT molecular complexity index is 733. The minimum atomic E-state index is -0.0821. The van der Waals surface area contributed by atoms with Crippen LogP contribution in [0.5, 0.6) is 0 Å². The van der Waals surface area contributed by atoms with Gasteiger partial charge in [0.25, 0.3) is 5.91 Å². The highest BCUT2D eigenvalue weighted by Gasteiger charge is 2.32. The van der Waals surface area contributed by atoms with Crippen molar-refractivity contribution in [1.82, 2.24) is 24.2 Å².